The zero-order valence-corrected chi connectivity index (χ0v) is 11.8. The highest BCUT2D eigenvalue weighted by molar-refractivity contribution is 7.97. The molecule has 1 saturated carbocycles. The zero-order chi connectivity index (χ0) is 13.7. The summed E-state index contributed by atoms with van der Waals surface area (Å²) in [6.07, 6.45) is 4.15. The van der Waals surface area contributed by atoms with E-state index < -0.39 is 0 Å². The summed E-state index contributed by atoms with van der Waals surface area (Å²) in [5.41, 5.74) is 1.78. The normalized spacial score (nSPS) is 13.9. The number of carbonyl (C=O) groups excluding carboxylic acids is 2. The Morgan fingerprint density at radius 1 is 1.26 bits per heavy atom. The first-order valence-electron chi connectivity index (χ1n) is 6.34. The molecular weight excluding hydrogens is 260 g/mol. The highest BCUT2D eigenvalue weighted by atomic mass is 32.2. The van der Waals surface area contributed by atoms with E-state index in [1.807, 2.05) is 18.4 Å². The van der Waals surface area contributed by atoms with Crippen molar-refractivity contribution in [2.75, 3.05) is 12.8 Å². The minimum absolute atomic E-state index is 0.0435. The number of rotatable bonds is 6. The Morgan fingerprint density at radius 3 is 2.53 bits per heavy atom. The maximum absolute atomic E-state index is 11.8. The quantitative estimate of drug-likeness (QED) is 0.830. The molecule has 0 heterocycles. The van der Waals surface area contributed by atoms with E-state index in [9.17, 15) is 9.59 Å². The molecule has 102 valence electrons. The molecule has 1 aliphatic carbocycles. The van der Waals surface area contributed by atoms with Crippen LogP contribution < -0.4 is 10.6 Å². The second-order valence-corrected chi connectivity index (χ2v) is 5.52. The lowest BCUT2D eigenvalue weighted by Crippen LogP contribution is -2.37. The highest BCUT2D eigenvalue weighted by Gasteiger charge is 2.23. The maximum atomic E-state index is 11.8. The predicted octanol–water partition coefficient (Wildman–Crippen LogP) is 1.56. The molecule has 4 nitrogen and oxygen atoms in total. The first kappa shape index (κ1) is 13.9. The van der Waals surface area contributed by atoms with Crippen LogP contribution in [0, 0.1) is 0 Å². The van der Waals surface area contributed by atoms with Crippen molar-refractivity contribution in [2.45, 2.75) is 24.6 Å². The standard InChI is InChI=1S/C14H18N2O2S/c1-19-9-10-2-4-11(5-3-10)14(18)15-8-13(17)16-12-6-7-12/h2-5,12H,6-9H2,1H3,(H,15,18)(H,16,17). The van der Waals surface area contributed by atoms with E-state index in [1.54, 1.807) is 23.9 Å². The monoisotopic (exact) mass is 278 g/mol. The van der Waals surface area contributed by atoms with Crippen LogP contribution in [0.15, 0.2) is 24.3 Å². The molecule has 2 rings (SSSR count). The van der Waals surface area contributed by atoms with Crippen LogP contribution in [0.25, 0.3) is 0 Å². The Balaban J connectivity index is 1.79. The number of benzene rings is 1. The van der Waals surface area contributed by atoms with Gasteiger partial charge in [0.1, 0.15) is 0 Å². The molecule has 2 N–H and O–H groups in total. The van der Waals surface area contributed by atoms with Gasteiger partial charge in [-0.15, -0.1) is 0 Å². The van der Waals surface area contributed by atoms with Gasteiger partial charge in [-0.05, 0) is 36.8 Å². The SMILES string of the molecule is CSCc1ccc(C(=O)NCC(=O)NC2CC2)cc1. The van der Waals surface area contributed by atoms with Gasteiger partial charge >= 0.3 is 0 Å². The van der Waals surface area contributed by atoms with Crippen LogP contribution in [-0.2, 0) is 10.5 Å². The number of thioether (sulfide) groups is 1. The molecule has 5 heteroatoms. The average Bonchev–Trinajstić information content (AvgIpc) is 3.21. The van der Waals surface area contributed by atoms with E-state index >= 15 is 0 Å². The lowest BCUT2D eigenvalue weighted by atomic mass is 10.1. The van der Waals surface area contributed by atoms with Gasteiger partial charge in [0.15, 0.2) is 0 Å². The summed E-state index contributed by atoms with van der Waals surface area (Å²) in [5, 5.41) is 5.46. The molecular formula is C14H18N2O2S. The van der Waals surface area contributed by atoms with Crippen molar-refractivity contribution in [3.05, 3.63) is 35.4 Å². The highest BCUT2D eigenvalue weighted by Crippen LogP contribution is 2.18. The van der Waals surface area contributed by atoms with Crippen LogP contribution >= 0.6 is 11.8 Å². The van der Waals surface area contributed by atoms with E-state index in [0.717, 1.165) is 18.6 Å². The maximum Gasteiger partial charge on any atom is 0.251 e. The number of carbonyl (C=O) groups is 2. The van der Waals surface area contributed by atoms with E-state index in [1.165, 1.54) is 5.56 Å². The fourth-order valence-corrected chi connectivity index (χ4v) is 2.21. The zero-order valence-electron chi connectivity index (χ0n) is 10.9. The van der Waals surface area contributed by atoms with E-state index in [-0.39, 0.29) is 18.4 Å². The molecule has 1 aromatic rings. The number of hydrogen-bond acceptors (Lipinski definition) is 3. The molecule has 0 aromatic heterocycles. The largest absolute Gasteiger partial charge is 0.352 e. The number of nitrogens with one attached hydrogen (secondary N) is 2. The first-order valence-corrected chi connectivity index (χ1v) is 7.74. The van der Waals surface area contributed by atoms with Gasteiger partial charge in [0.25, 0.3) is 5.91 Å². The van der Waals surface area contributed by atoms with Crippen LogP contribution in [0.5, 0.6) is 0 Å². The second kappa shape index (κ2) is 6.61. The lowest BCUT2D eigenvalue weighted by Gasteiger charge is -2.06. The third-order valence-electron chi connectivity index (χ3n) is 2.88. The molecule has 0 atom stereocenters. The van der Waals surface area contributed by atoms with Gasteiger partial charge < -0.3 is 10.6 Å². The molecule has 0 unspecified atom stereocenters. The first-order chi connectivity index (χ1) is 9.19. The summed E-state index contributed by atoms with van der Waals surface area (Å²) < 4.78 is 0. The Morgan fingerprint density at radius 2 is 1.95 bits per heavy atom. The number of hydrogen-bond donors (Lipinski definition) is 2. The molecule has 1 aliphatic rings. The Hall–Kier alpha value is -1.49. The molecule has 1 aromatic carbocycles. The Labute approximate surface area is 117 Å². The van der Waals surface area contributed by atoms with Gasteiger partial charge in [-0.2, -0.15) is 11.8 Å². The van der Waals surface area contributed by atoms with Gasteiger partial charge in [-0.25, -0.2) is 0 Å². The van der Waals surface area contributed by atoms with Crippen LogP contribution in [0.3, 0.4) is 0 Å². The van der Waals surface area contributed by atoms with Crippen molar-refractivity contribution < 1.29 is 9.59 Å². The van der Waals surface area contributed by atoms with E-state index in [4.69, 9.17) is 0 Å². The van der Waals surface area contributed by atoms with Gasteiger partial charge in [0.05, 0.1) is 6.54 Å². The fourth-order valence-electron chi connectivity index (χ4n) is 1.69. The van der Waals surface area contributed by atoms with E-state index in [0.29, 0.717) is 11.6 Å². The van der Waals surface area contributed by atoms with Crippen molar-refractivity contribution in [2.24, 2.45) is 0 Å². The molecule has 1 fully saturated rings. The second-order valence-electron chi connectivity index (χ2n) is 4.65. The van der Waals surface area contributed by atoms with Crippen LogP contribution in [0.4, 0.5) is 0 Å². The Bertz CT molecular complexity index is 455. The summed E-state index contributed by atoms with van der Waals surface area (Å²) >= 11 is 1.74. The topological polar surface area (TPSA) is 58.2 Å². The molecule has 0 radical (unpaired) electrons. The average molecular weight is 278 g/mol. The lowest BCUT2D eigenvalue weighted by molar-refractivity contribution is -0.120. The van der Waals surface area contributed by atoms with Gasteiger partial charge in [0.2, 0.25) is 5.91 Å². The summed E-state index contributed by atoms with van der Waals surface area (Å²) in [5.74, 6) is 0.614. The molecule has 0 spiro atoms. The third kappa shape index (κ3) is 4.59. The predicted molar refractivity (Wildman–Crippen MR) is 77.2 cm³/mol. The third-order valence-corrected chi connectivity index (χ3v) is 3.50. The summed E-state index contributed by atoms with van der Waals surface area (Å²) in [4.78, 5) is 23.3. The molecule has 19 heavy (non-hydrogen) atoms. The van der Waals surface area contributed by atoms with Gasteiger partial charge in [-0.3, -0.25) is 9.59 Å². The van der Waals surface area contributed by atoms with Crippen molar-refractivity contribution in [1.29, 1.82) is 0 Å². The van der Waals surface area contributed by atoms with Crippen LogP contribution in [0.2, 0.25) is 0 Å². The molecule has 0 saturated heterocycles. The Kier molecular flexibility index (Phi) is 4.85. The summed E-state index contributed by atoms with van der Waals surface area (Å²) in [6.45, 7) is 0.0435. The fraction of sp³-hybridized carbons (Fsp3) is 0.429. The minimum atomic E-state index is -0.207. The van der Waals surface area contributed by atoms with E-state index in [2.05, 4.69) is 10.6 Å². The van der Waals surface area contributed by atoms with Crippen molar-refractivity contribution in [3.8, 4) is 0 Å². The molecule has 0 aliphatic heterocycles. The number of amides is 2. The minimum Gasteiger partial charge on any atom is -0.352 e. The molecule has 2 amide bonds. The van der Waals surface area contributed by atoms with Gasteiger partial charge in [0, 0.05) is 17.4 Å². The summed E-state index contributed by atoms with van der Waals surface area (Å²) in [6, 6.07) is 7.79. The molecule has 0 bridgehead atoms. The van der Waals surface area contributed by atoms with Gasteiger partial charge in [-0.1, -0.05) is 12.1 Å². The summed E-state index contributed by atoms with van der Waals surface area (Å²) in [7, 11) is 0. The van der Waals surface area contributed by atoms with Crippen molar-refractivity contribution >= 4 is 23.6 Å². The van der Waals surface area contributed by atoms with Crippen LogP contribution in [-0.4, -0.2) is 30.7 Å². The van der Waals surface area contributed by atoms with Crippen molar-refractivity contribution in [1.82, 2.24) is 10.6 Å². The van der Waals surface area contributed by atoms with Crippen LogP contribution in [0.1, 0.15) is 28.8 Å². The smallest absolute Gasteiger partial charge is 0.251 e. The van der Waals surface area contributed by atoms with Crippen molar-refractivity contribution in [3.63, 3.8) is 0 Å².